The van der Waals surface area contributed by atoms with Gasteiger partial charge >= 0.3 is 14.5 Å². The molecule has 0 aromatic carbocycles. The molecule has 0 saturated carbocycles. The number of rotatable bonds is 14. The highest BCUT2D eigenvalue weighted by atomic mass is 28.4. The van der Waals surface area contributed by atoms with Crippen LogP contribution in [0.4, 0.5) is 0 Å². The zero-order chi connectivity index (χ0) is 16.8. The molecule has 0 aliphatic heterocycles. The van der Waals surface area contributed by atoms with E-state index >= 15 is 0 Å². The lowest BCUT2D eigenvalue weighted by atomic mass is 10.1. The van der Waals surface area contributed by atoms with Crippen molar-refractivity contribution < 1.29 is 23.5 Å². The van der Waals surface area contributed by atoms with E-state index in [1.807, 2.05) is 13.8 Å². The van der Waals surface area contributed by atoms with Crippen LogP contribution in [0.2, 0.25) is 12.6 Å². The Morgan fingerprint density at radius 1 is 1.00 bits per heavy atom. The van der Waals surface area contributed by atoms with Gasteiger partial charge in [-0.25, -0.2) is 0 Å². The number of carbonyl (C=O) groups excluding carboxylic acids is 1. The predicted octanol–water partition coefficient (Wildman–Crippen LogP) is 2.67. The number of unbranched alkanes of at least 4 members (excludes halogenated alkanes) is 2. The van der Waals surface area contributed by atoms with E-state index in [1.54, 1.807) is 0 Å². The molecule has 6 nitrogen and oxygen atoms in total. The fourth-order valence-electron chi connectivity index (χ4n) is 2.26. The third kappa shape index (κ3) is 11.7. The van der Waals surface area contributed by atoms with Gasteiger partial charge < -0.3 is 19.3 Å². The maximum atomic E-state index is 11.6. The highest BCUT2D eigenvalue weighted by Gasteiger charge is 2.29. The maximum Gasteiger partial charge on any atom is 0.334 e. The van der Waals surface area contributed by atoms with Crippen LogP contribution in [0.25, 0.3) is 0 Å². The van der Waals surface area contributed by atoms with Crippen molar-refractivity contribution in [3.8, 4) is 0 Å². The Hall–Kier alpha value is -0.923. The van der Waals surface area contributed by atoms with Crippen LogP contribution in [0.3, 0.4) is 0 Å². The Labute approximate surface area is 134 Å². The van der Waals surface area contributed by atoms with E-state index in [-0.39, 0.29) is 12.3 Å². The van der Waals surface area contributed by atoms with Crippen LogP contribution in [0.5, 0.6) is 0 Å². The minimum Gasteiger partial charge on any atom is -0.481 e. The zero-order valence-corrected chi connectivity index (χ0v) is 15.2. The van der Waals surface area contributed by atoms with Crippen LogP contribution in [0.1, 0.15) is 52.4 Å². The monoisotopic (exact) mass is 333 g/mol. The van der Waals surface area contributed by atoms with Gasteiger partial charge in [0.25, 0.3) is 0 Å². The highest BCUT2D eigenvalue weighted by molar-refractivity contribution is 6.66. The molecule has 1 amide bonds. The first-order valence-electron chi connectivity index (χ1n) is 8.20. The summed E-state index contributed by atoms with van der Waals surface area (Å²) in [5, 5.41) is 11.4. The van der Waals surface area contributed by atoms with Gasteiger partial charge in [0, 0.05) is 32.6 Å². The summed E-state index contributed by atoms with van der Waals surface area (Å²) >= 11 is 0. The summed E-state index contributed by atoms with van der Waals surface area (Å²) in [6.45, 7) is 7.95. The third-order valence-electron chi connectivity index (χ3n) is 3.32. The van der Waals surface area contributed by atoms with Crippen LogP contribution in [-0.4, -0.2) is 45.3 Å². The highest BCUT2D eigenvalue weighted by Crippen LogP contribution is 2.15. The van der Waals surface area contributed by atoms with Gasteiger partial charge in [-0.2, -0.15) is 0 Å². The molecule has 0 aliphatic rings. The lowest BCUT2D eigenvalue weighted by Crippen LogP contribution is -2.39. The summed E-state index contributed by atoms with van der Waals surface area (Å²) in [6.07, 6.45) is 3.65. The number of nitrogens with one attached hydrogen (secondary N) is 1. The first kappa shape index (κ1) is 21.1. The van der Waals surface area contributed by atoms with Gasteiger partial charge in [-0.3, -0.25) is 9.59 Å². The molecule has 0 aliphatic carbocycles. The molecule has 2 N–H and O–H groups in total. The summed E-state index contributed by atoms with van der Waals surface area (Å²) < 4.78 is 11.5. The molecule has 0 fully saturated rings. The van der Waals surface area contributed by atoms with Crippen LogP contribution in [0, 0.1) is 0 Å². The Morgan fingerprint density at radius 2 is 1.59 bits per heavy atom. The predicted molar refractivity (Wildman–Crippen MR) is 88.0 cm³/mol. The van der Waals surface area contributed by atoms with Gasteiger partial charge in [-0.15, -0.1) is 0 Å². The van der Waals surface area contributed by atoms with Crippen LogP contribution >= 0.6 is 0 Å². The van der Waals surface area contributed by atoms with Gasteiger partial charge in [0.2, 0.25) is 5.91 Å². The number of hydrogen-bond acceptors (Lipinski definition) is 4. The Balaban J connectivity index is 3.68. The normalized spacial score (nSPS) is 11.4. The molecule has 0 radical (unpaired) electrons. The van der Waals surface area contributed by atoms with Crippen molar-refractivity contribution in [2.75, 3.05) is 19.8 Å². The number of hydrogen-bond donors (Lipinski definition) is 2. The van der Waals surface area contributed by atoms with Crippen molar-refractivity contribution in [2.24, 2.45) is 0 Å². The second-order valence-corrected chi connectivity index (χ2v) is 8.75. The molecule has 130 valence electrons. The number of carboxylic acid groups (broad SMARTS) is 1. The van der Waals surface area contributed by atoms with Gasteiger partial charge in [0.15, 0.2) is 0 Å². The fourth-order valence-corrected chi connectivity index (χ4v) is 4.67. The molecule has 0 aromatic heterocycles. The average Bonchev–Trinajstić information content (AvgIpc) is 2.43. The second-order valence-electron chi connectivity index (χ2n) is 5.41. The van der Waals surface area contributed by atoms with E-state index < -0.39 is 14.5 Å². The summed E-state index contributed by atoms with van der Waals surface area (Å²) in [5.74, 6) is -0.744. The lowest BCUT2D eigenvalue weighted by Gasteiger charge is -2.25. The molecule has 0 aromatic rings. The van der Waals surface area contributed by atoms with E-state index in [4.69, 9.17) is 14.0 Å². The first-order chi connectivity index (χ1) is 10.4. The number of aliphatic carboxylic acids is 1. The second kappa shape index (κ2) is 12.6. The number of amides is 1. The summed E-state index contributed by atoms with van der Waals surface area (Å²) in [7, 11) is -2.08. The molecule has 22 heavy (non-hydrogen) atoms. The van der Waals surface area contributed by atoms with Crippen molar-refractivity contribution in [1.29, 1.82) is 0 Å². The van der Waals surface area contributed by atoms with Crippen molar-refractivity contribution in [2.45, 2.75) is 65.0 Å². The van der Waals surface area contributed by atoms with E-state index in [1.165, 1.54) is 0 Å². The number of carbonyl (C=O) groups is 2. The van der Waals surface area contributed by atoms with Crippen molar-refractivity contribution in [3.63, 3.8) is 0 Å². The standard InChI is InChI=1S/C15H31NO5Si/c1-4-20-22(3,21-5-2)13-9-12-16-14(17)10-7-6-8-11-15(18)19/h4-13H2,1-3H3,(H,16,17)(H,18,19). The molecule has 0 saturated heterocycles. The Kier molecular flexibility index (Phi) is 12.1. The summed E-state index contributed by atoms with van der Waals surface area (Å²) in [6, 6.07) is 0.869. The largest absolute Gasteiger partial charge is 0.481 e. The van der Waals surface area contributed by atoms with Crippen LogP contribution in [-0.2, 0) is 18.4 Å². The van der Waals surface area contributed by atoms with E-state index in [0.29, 0.717) is 32.6 Å². The van der Waals surface area contributed by atoms with Crippen molar-refractivity contribution in [3.05, 3.63) is 0 Å². The molecular formula is C15H31NO5Si. The quantitative estimate of drug-likeness (QED) is 0.377. The van der Waals surface area contributed by atoms with E-state index in [0.717, 1.165) is 25.3 Å². The van der Waals surface area contributed by atoms with Gasteiger partial charge in [0.05, 0.1) is 0 Å². The van der Waals surface area contributed by atoms with Gasteiger partial charge in [-0.05, 0) is 45.7 Å². The fraction of sp³-hybridized carbons (Fsp3) is 0.867. The van der Waals surface area contributed by atoms with E-state index in [9.17, 15) is 9.59 Å². The summed E-state index contributed by atoms with van der Waals surface area (Å²) in [4.78, 5) is 22.0. The van der Waals surface area contributed by atoms with Crippen LogP contribution in [0.15, 0.2) is 0 Å². The maximum absolute atomic E-state index is 11.6. The van der Waals surface area contributed by atoms with E-state index in [2.05, 4.69) is 11.9 Å². The molecule has 0 atom stereocenters. The minimum atomic E-state index is -2.08. The third-order valence-corrected chi connectivity index (χ3v) is 6.38. The smallest absolute Gasteiger partial charge is 0.334 e. The van der Waals surface area contributed by atoms with Gasteiger partial charge in [0.1, 0.15) is 0 Å². The molecule has 0 spiro atoms. The molecule has 0 unspecified atom stereocenters. The minimum absolute atomic E-state index is 0.0338. The number of carboxylic acids is 1. The zero-order valence-electron chi connectivity index (χ0n) is 14.2. The van der Waals surface area contributed by atoms with Crippen molar-refractivity contribution >= 4 is 20.4 Å². The summed E-state index contributed by atoms with van der Waals surface area (Å²) in [5.41, 5.74) is 0. The SMILES string of the molecule is CCO[Si](C)(CCCNC(=O)CCCCCC(=O)O)OCC. The lowest BCUT2D eigenvalue weighted by molar-refractivity contribution is -0.137. The Morgan fingerprint density at radius 3 is 2.14 bits per heavy atom. The molecule has 0 rings (SSSR count). The Bertz CT molecular complexity index is 319. The topological polar surface area (TPSA) is 84.9 Å². The van der Waals surface area contributed by atoms with Gasteiger partial charge in [-0.1, -0.05) is 6.42 Å². The first-order valence-corrected chi connectivity index (χ1v) is 10.7. The molecule has 7 heteroatoms. The van der Waals surface area contributed by atoms with Crippen LogP contribution < -0.4 is 5.32 Å². The van der Waals surface area contributed by atoms with Crippen molar-refractivity contribution in [1.82, 2.24) is 5.32 Å². The molecular weight excluding hydrogens is 302 g/mol. The average molecular weight is 334 g/mol. The molecule has 0 bridgehead atoms. The molecule has 0 heterocycles.